The van der Waals surface area contributed by atoms with Crippen LogP contribution in [-0.2, 0) is 29.6 Å². The van der Waals surface area contributed by atoms with E-state index in [-0.39, 0.29) is 20.1 Å². The first-order valence-electron chi connectivity index (χ1n) is 10.1. The Kier molecular flexibility index (Phi) is 10.2. The number of aromatic nitrogens is 2. The summed E-state index contributed by atoms with van der Waals surface area (Å²) in [5, 5.41) is 0. The molecule has 6 heteroatoms. The Hall–Kier alpha value is -1.98. The van der Waals surface area contributed by atoms with Gasteiger partial charge in [0.1, 0.15) is 12.4 Å². The molecule has 0 aliphatic rings. The van der Waals surface area contributed by atoms with E-state index < -0.39 is 0 Å². The molecule has 0 atom stereocenters. The third kappa shape index (κ3) is 6.51. The number of hydrogen-bond donors (Lipinski definition) is 0. The van der Waals surface area contributed by atoms with E-state index in [1.807, 2.05) is 36.7 Å². The van der Waals surface area contributed by atoms with E-state index in [0.717, 1.165) is 47.0 Å². The topological polar surface area (TPSA) is 45.5 Å². The number of imidazole rings is 1. The van der Waals surface area contributed by atoms with Crippen LogP contribution in [0.4, 0.5) is 0 Å². The van der Waals surface area contributed by atoms with Crippen LogP contribution in [0.25, 0.3) is 17.1 Å². The monoisotopic (exact) mass is 586 g/mol. The van der Waals surface area contributed by atoms with E-state index in [2.05, 4.69) is 48.5 Å². The third-order valence-corrected chi connectivity index (χ3v) is 4.51. The fourth-order valence-electron chi connectivity index (χ4n) is 3.28. The molecular formula is C24H29IrN2O3-. The van der Waals surface area contributed by atoms with Crippen molar-refractivity contribution in [1.82, 2.24) is 9.55 Å². The van der Waals surface area contributed by atoms with Crippen molar-refractivity contribution in [3.05, 3.63) is 66.0 Å². The molecule has 0 saturated heterocycles. The van der Waals surface area contributed by atoms with Gasteiger partial charge in [0.15, 0.2) is 0 Å². The minimum absolute atomic E-state index is 0. The van der Waals surface area contributed by atoms with Crippen molar-refractivity contribution in [2.45, 2.75) is 27.2 Å². The number of nitrogens with zero attached hydrogens (tertiary/aromatic N) is 2. The second kappa shape index (κ2) is 12.7. The molecule has 163 valence electrons. The van der Waals surface area contributed by atoms with E-state index in [1.165, 1.54) is 0 Å². The fraction of sp³-hybridized carbons (Fsp3) is 0.375. The van der Waals surface area contributed by atoms with Gasteiger partial charge in [-0.2, -0.15) is 0 Å². The van der Waals surface area contributed by atoms with Crippen LogP contribution in [0.15, 0.2) is 48.8 Å². The first kappa shape index (κ1) is 24.3. The summed E-state index contributed by atoms with van der Waals surface area (Å²) >= 11 is 0. The fourth-order valence-corrected chi connectivity index (χ4v) is 3.28. The third-order valence-electron chi connectivity index (χ3n) is 4.51. The Labute approximate surface area is 192 Å². The summed E-state index contributed by atoms with van der Waals surface area (Å²) < 4.78 is 18.9. The molecule has 30 heavy (non-hydrogen) atoms. The van der Waals surface area contributed by atoms with E-state index in [9.17, 15) is 0 Å². The molecule has 0 saturated carbocycles. The predicted molar refractivity (Wildman–Crippen MR) is 115 cm³/mol. The number of ether oxygens (including phenoxy) is 3. The van der Waals surface area contributed by atoms with Crippen molar-refractivity contribution in [2.24, 2.45) is 0 Å². The molecule has 1 aromatic heterocycles. The first-order chi connectivity index (χ1) is 14.2. The zero-order valence-corrected chi connectivity index (χ0v) is 20.2. The molecule has 0 N–H and O–H groups in total. The minimum atomic E-state index is 0. The Balaban J connectivity index is 0.00000320. The SMILES string of the molecule is CCCOCCOCCOc1cc(C)c(-n2ccnc2-c2[c-]cccc2)c(C)c1.[Ir]. The van der Waals surface area contributed by atoms with E-state index >= 15 is 0 Å². The Morgan fingerprint density at radius 3 is 2.33 bits per heavy atom. The van der Waals surface area contributed by atoms with Crippen LogP contribution in [0.5, 0.6) is 5.75 Å². The quantitative estimate of drug-likeness (QED) is 0.240. The zero-order valence-electron chi connectivity index (χ0n) is 17.8. The molecule has 0 amide bonds. The van der Waals surface area contributed by atoms with Crippen LogP contribution in [0.1, 0.15) is 24.5 Å². The van der Waals surface area contributed by atoms with Gasteiger partial charge in [0, 0.05) is 44.8 Å². The van der Waals surface area contributed by atoms with Crippen molar-refractivity contribution in [3.8, 4) is 22.8 Å². The van der Waals surface area contributed by atoms with Crippen molar-refractivity contribution in [1.29, 1.82) is 0 Å². The maximum absolute atomic E-state index is 5.89. The summed E-state index contributed by atoms with van der Waals surface area (Å²) in [7, 11) is 0. The summed E-state index contributed by atoms with van der Waals surface area (Å²) in [6, 6.07) is 15.3. The van der Waals surface area contributed by atoms with E-state index in [1.54, 1.807) is 0 Å². The Morgan fingerprint density at radius 1 is 0.967 bits per heavy atom. The van der Waals surface area contributed by atoms with Crippen LogP contribution in [0, 0.1) is 19.9 Å². The van der Waals surface area contributed by atoms with Gasteiger partial charge in [-0.1, -0.05) is 6.92 Å². The van der Waals surface area contributed by atoms with Gasteiger partial charge >= 0.3 is 0 Å². The van der Waals surface area contributed by atoms with Crippen LogP contribution in [0.2, 0.25) is 0 Å². The minimum Gasteiger partial charge on any atom is -0.491 e. The smallest absolute Gasteiger partial charge is 0.120 e. The van der Waals surface area contributed by atoms with Crippen LogP contribution < -0.4 is 4.74 Å². The average molecular weight is 586 g/mol. The average Bonchev–Trinajstić information content (AvgIpc) is 3.19. The molecule has 5 nitrogen and oxygen atoms in total. The summed E-state index contributed by atoms with van der Waals surface area (Å²) in [5.74, 6) is 1.73. The molecule has 2 aromatic carbocycles. The number of benzene rings is 2. The van der Waals surface area contributed by atoms with E-state index in [0.29, 0.717) is 26.4 Å². The zero-order chi connectivity index (χ0) is 20.5. The molecule has 0 aliphatic carbocycles. The van der Waals surface area contributed by atoms with Crippen LogP contribution in [-0.4, -0.2) is 42.6 Å². The Bertz CT molecular complexity index is 873. The molecule has 1 radical (unpaired) electrons. The Morgan fingerprint density at radius 2 is 1.67 bits per heavy atom. The van der Waals surface area contributed by atoms with Crippen molar-refractivity contribution < 1.29 is 34.3 Å². The van der Waals surface area contributed by atoms with E-state index in [4.69, 9.17) is 14.2 Å². The maximum Gasteiger partial charge on any atom is 0.120 e. The van der Waals surface area contributed by atoms with Gasteiger partial charge in [0.2, 0.25) is 0 Å². The van der Waals surface area contributed by atoms with Crippen molar-refractivity contribution in [3.63, 3.8) is 0 Å². The van der Waals surface area contributed by atoms with Crippen molar-refractivity contribution >= 4 is 0 Å². The number of hydrogen-bond acceptors (Lipinski definition) is 4. The van der Waals surface area contributed by atoms with Gasteiger partial charge in [-0.3, -0.25) is 4.98 Å². The molecule has 3 rings (SSSR count). The second-order valence-electron chi connectivity index (χ2n) is 6.88. The largest absolute Gasteiger partial charge is 0.491 e. The van der Waals surface area contributed by atoms with Gasteiger partial charge in [-0.15, -0.1) is 35.9 Å². The summed E-state index contributed by atoms with van der Waals surface area (Å²) in [5.41, 5.74) is 4.34. The van der Waals surface area contributed by atoms with Gasteiger partial charge in [-0.25, -0.2) is 0 Å². The molecule has 0 fully saturated rings. The number of rotatable bonds is 11. The van der Waals surface area contributed by atoms with Gasteiger partial charge in [-0.05, 0) is 43.5 Å². The first-order valence-corrected chi connectivity index (χ1v) is 10.1. The van der Waals surface area contributed by atoms with Gasteiger partial charge in [0.05, 0.1) is 25.6 Å². The molecule has 0 aliphatic heterocycles. The number of aryl methyl sites for hydroxylation is 2. The molecule has 3 aromatic rings. The predicted octanol–water partition coefficient (Wildman–Crippen LogP) is 4.78. The molecule has 0 bridgehead atoms. The van der Waals surface area contributed by atoms with Gasteiger partial charge < -0.3 is 18.8 Å². The summed E-state index contributed by atoms with van der Waals surface area (Å²) in [6.45, 7) is 9.35. The van der Waals surface area contributed by atoms with Crippen LogP contribution in [0.3, 0.4) is 0 Å². The van der Waals surface area contributed by atoms with Crippen molar-refractivity contribution in [2.75, 3.05) is 33.0 Å². The second-order valence-corrected chi connectivity index (χ2v) is 6.88. The maximum atomic E-state index is 5.89. The summed E-state index contributed by atoms with van der Waals surface area (Å²) in [4.78, 5) is 4.54. The molecule has 0 unspecified atom stereocenters. The normalized spacial score (nSPS) is 10.6. The van der Waals surface area contributed by atoms with Crippen LogP contribution >= 0.6 is 0 Å². The standard InChI is InChI=1S/C24H29N2O3.Ir/c1-4-12-27-13-14-28-15-16-29-22-17-19(2)23(20(3)18-22)26-11-10-25-24(26)21-8-6-5-7-9-21;/h5-8,10-11,17-18H,4,12-16H2,1-3H3;/q-1;. The molecule has 1 heterocycles. The molecule has 0 spiro atoms. The summed E-state index contributed by atoms with van der Waals surface area (Å²) in [6.07, 6.45) is 4.84. The molecular weight excluding hydrogens is 556 g/mol. The van der Waals surface area contributed by atoms with Gasteiger partial charge in [0.25, 0.3) is 0 Å².